The summed E-state index contributed by atoms with van der Waals surface area (Å²) in [5.74, 6) is 0. The second kappa shape index (κ2) is 3.23. The highest BCUT2D eigenvalue weighted by Gasteiger charge is 2.23. The molecular weight excluding hydrogens is 192 g/mol. The Morgan fingerprint density at radius 1 is 1.67 bits per heavy atom. The van der Waals surface area contributed by atoms with Crippen molar-refractivity contribution in [1.29, 1.82) is 0 Å². The Labute approximate surface area is 81.2 Å². The van der Waals surface area contributed by atoms with Gasteiger partial charge in [-0.1, -0.05) is 22.9 Å². The highest BCUT2D eigenvalue weighted by atomic mass is 35.5. The largest absolute Gasteiger partial charge is 0.348 e. The van der Waals surface area contributed by atoms with Gasteiger partial charge in [0.2, 0.25) is 0 Å². The summed E-state index contributed by atoms with van der Waals surface area (Å²) in [6.45, 7) is 0. The molecule has 0 aromatic carbocycles. The number of anilines is 1. The molecular formula is C8H11ClN2S. The summed E-state index contributed by atoms with van der Waals surface area (Å²) in [6, 6.07) is 0.701. The summed E-state index contributed by atoms with van der Waals surface area (Å²) in [4.78, 5) is 6.47. The van der Waals surface area contributed by atoms with E-state index in [0.717, 1.165) is 9.47 Å². The van der Waals surface area contributed by atoms with E-state index in [1.54, 1.807) is 17.5 Å². The second-order valence-corrected chi connectivity index (χ2v) is 4.78. The molecule has 0 saturated heterocycles. The van der Waals surface area contributed by atoms with Gasteiger partial charge in [-0.05, 0) is 19.3 Å². The van der Waals surface area contributed by atoms with Crippen molar-refractivity contribution < 1.29 is 0 Å². The van der Waals surface area contributed by atoms with Gasteiger partial charge in [0.05, 0.1) is 6.20 Å². The summed E-state index contributed by atoms with van der Waals surface area (Å²) in [6.07, 6.45) is 5.67. The Bertz CT molecular complexity index is 270. The van der Waals surface area contributed by atoms with Crippen LogP contribution in [0.2, 0.25) is 4.34 Å². The summed E-state index contributed by atoms with van der Waals surface area (Å²) < 4.78 is 0.774. The number of hydrogen-bond donors (Lipinski definition) is 0. The summed E-state index contributed by atoms with van der Waals surface area (Å²) in [5.41, 5.74) is 0. The van der Waals surface area contributed by atoms with Crippen LogP contribution in [0.3, 0.4) is 0 Å². The fourth-order valence-corrected chi connectivity index (χ4v) is 2.27. The van der Waals surface area contributed by atoms with E-state index in [0.29, 0.717) is 6.04 Å². The molecule has 1 heterocycles. The van der Waals surface area contributed by atoms with Gasteiger partial charge in [0.1, 0.15) is 4.34 Å². The molecule has 1 aliphatic carbocycles. The maximum atomic E-state index is 5.80. The molecule has 0 unspecified atom stereocenters. The number of hydrogen-bond acceptors (Lipinski definition) is 3. The van der Waals surface area contributed by atoms with Crippen LogP contribution in [0, 0.1) is 0 Å². The van der Waals surface area contributed by atoms with Gasteiger partial charge in [-0.25, -0.2) is 4.98 Å². The Hall–Kier alpha value is -0.280. The first-order chi connectivity index (χ1) is 5.77. The zero-order valence-corrected chi connectivity index (χ0v) is 8.53. The normalized spacial score (nSPS) is 17.5. The third-order valence-electron chi connectivity index (χ3n) is 2.39. The number of halogens is 1. The van der Waals surface area contributed by atoms with Crippen molar-refractivity contribution in [2.45, 2.75) is 25.3 Å². The van der Waals surface area contributed by atoms with Gasteiger partial charge in [-0.2, -0.15) is 0 Å². The van der Waals surface area contributed by atoms with E-state index < -0.39 is 0 Å². The van der Waals surface area contributed by atoms with Crippen LogP contribution in [-0.4, -0.2) is 18.1 Å². The van der Waals surface area contributed by atoms with Crippen LogP contribution in [0.5, 0.6) is 0 Å². The minimum Gasteiger partial charge on any atom is -0.348 e. The maximum Gasteiger partial charge on any atom is 0.186 e. The fourth-order valence-electron chi connectivity index (χ4n) is 1.34. The van der Waals surface area contributed by atoms with Crippen molar-refractivity contribution in [3.05, 3.63) is 10.5 Å². The molecule has 1 aromatic rings. The van der Waals surface area contributed by atoms with Gasteiger partial charge in [0.15, 0.2) is 5.13 Å². The average Bonchev–Trinajstić information content (AvgIpc) is 2.31. The summed E-state index contributed by atoms with van der Waals surface area (Å²) in [7, 11) is 2.10. The Kier molecular flexibility index (Phi) is 2.24. The molecule has 0 bridgehead atoms. The average molecular weight is 203 g/mol. The first-order valence-electron chi connectivity index (χ1n) is 4.11. The number of rotatable bonds is 2. The minimum atomic E-state index is 0.701. The number of nitrogens with zero attached hydrogens (tertiary/aromatic N) is 2. The summed E-state index contributed by atoms with van der Waals surface area (Å²) >= 11 is 7.35. The Balaban J connectivity index is 2.08. The van der Waals surface area contributed by atoms with E-state index in [-0.39, 0.29) is 0 Å². The zero-order valence-electron chi connectivity index (χ0n) is 6.96. The molecule has 1 aromatic heterocycles. The van der Waals surface area contributed by atoms with E-state index >= 15 is 0 Å². The van der Waals surface area contributed by atoms with Gasteiger partial charge in [0, 0.05) is 13.1 Å². The molecule has 12 heavy (non-hydrogen) atoms. The predicted molar refractivity (Wildman–Crippen MR) is 53.2 cm³/mol. The molecule has 1 aliphatic rings. The molecule has 0 amide bonds. The van der Waals surface area contributed by atoms with E-state index in [9.17, 15) is 0 Å². The van der Waals surface area contributed by atoms with Crippen molar-refractivity contribution in [2.24, 2.45) is 0 Å². The molecule has 2 rings (SSSR count). The molecule has 1 fully saturated rings. The predicted octanol–water partition coefficient (Wildman–Crippen LogP) is 2.79. The van der Waals surface area contributed by atoms with Crippen LogP contribution in [0.4, 0.5) is 5.13 Å². The minimum absolute atomic E-state index is 0.701. The first kappa shape index (κ1) is 8.32. The lowest BCUT2D eigenvalue weighted by molar-refractivity contribution is 0.401. The van der Waals surface area contributed by atoms with Crippen LogP contribution in [-0.2, 0) is 0 Å². The smallest absolute Gasteiger partial charge is 0.186 e. The highest BCUT2D eigenvalue weighted by Crippen LogP contribution is 2.32. The lowest BCUT2D eigenvalue weighted by Gasteiger charge is -2.34. The molecule has 0 radical (unpaired) electrons. The van der Waals surface area contributed by atoms with E-state index in [4.69, 9.17) is 11.6 Å². The standard InChI is InChI=1S/C8H11ClN2S/c1-11(6-3-2-4-6)8-10-5-7(9)12-8/h5-6H,2-4H2,1H3. The lowest BCUT2D eigenvalue weighted by atomic mass is 9.92. The van der Waals surface area contributed by atoms with E-state index in [1.807, 2.05) is 0 Å². The van der Waals surface area contributed by atoms with Crippen LogP contribution < -0.4 is 4.90 Å². The third kappa shape index (κ3) is 1.43. The molecule has 0 atom stereocenters. The highest BCUT2D eigenvalue weighted by molar-refractivity contribution is 7.19. The molecule has 1 saturated carbocycles. The molecule has 2 nitrogen and oxygen atoms in total. The Morgan fingerprint density at radius 2 is 2.42 bits per heavy atom. The Morgan fingerprint density at radius 3 is 2.83 bits per heavy atom. The van der Waals surface area contributed by atoms with Gasteiger partial charge < -0.3 is 4.90 Å². The van der Waals surface area contributed by atoms with Crippen molar-refractivity contribution in [2.75, 3.05) is 11.9 Å². The number of thiazole rings is 1. The molecule has 0 aliphatic heterocycles. The van der Waals surface area contributed by atoms with Crippen LogP contribution in [0.1, 0.15) is 19.3 Å². The summed E-state index contributed by atoms with van der Waals surface area (Å²) in [5, 5.41) is 1.05. The van der Waals surface area contributed by atoms with Crippen molar-refractivity contribution >= 4 is 28.1 Å². The number of aromatic nitrogens is 1. The van der Waals surface area contributed by atoms with E-state index in [1.165, 1.54) is 19.3 Å². The topological polar surface area (TPSA) is 16.1 Å². The maximum absolute atomic E-state index is 5.80. The van der Waals surface area contributed by atoms with Gasteiger partial charge in [-0.15, -0.1) is 0 Å². The third-order valence-corrected chi connectivity index (χ3v) is 3.59. The quantitative estimate of drug-likeness (QED) is 0.733. The molecule has 66 valence electrons. The molecule has 4 heteroatoms. The van der Waals surface area contributed by atoms with Gasteiger partial charge >= 0.3 is 0 Å². The zero-order chi connectivity index (χ0) is 8.55. The molecule has 0 spiro atoms. The lowest BCUT2D eigenvalue weighted by Crippen LogP contribution is -2.36. The SMILES string of the molecule is CN(c1ncc(Cl)s1)C1CCC1. The van der Waals surface area contributed by atoms with Crippen LogP contribution in [0.25, 0.3) is 0 Å². The first-order valence-corrected chi connectivity index (χ1v) is 5.31. The van der Waals surface area contributed by atoms with Crippen LogP contribution >= 0.6 is 22.9 Å². The second-order valence-electron chi connectivity index (χ2n) is 3.14. The molecule has 0 N–H and O–H groups in total. The van der Waals surface area contributed by atoms with E-state index in [2.05, 4.69) is 16.9 Å². The fraction of sp³-hybridized carbons (Fsp3) is 0.625. The monoisotopic (exact) mass is 202 g/mol. The van der Waals surface area contributed by atoms with Crippen molar-refractivity contribution in [3.63, 3.8) is 0 Å². The van der Waals surface area contributed by atoms with Crippen molar-refractivity contribution in [1.82, 2.24) is 4.98 Å². The van der Waals surface area contributed by atoms with Crippen LogP contribution in [0.15, 0.2) is 6.20 Å². The van der Waals surface area contributed by atoms with Crippen molar-refractivity contribution in [3.8, 4) is 0 Å². The van der Waals surface area contributed by atoms with Gasteiger partial charge in [-0.3, -0.25) is 0 Å². The van der Waals surface area contributed by atoms with Gasteiger partial charge in [0.25, 0.3) is 0 Å².